The van der Waals surface area contributed by atoms with Gasteiger partial charge in [0.05, 0.1) is 0 Å². The molecule has 0 amide bonds. The summed E-state index contributed by atoms with van der Waals surface area (Å²) in [5, 5.41) is 0. The standard InChI is InChI=1S/C6H14N2.H2/c1-5(2)6-3-7-8-4-6;/h5-8H,3-4H2,1-2H3;1H. The van der Waals surface area contributed by atoms with Crippen LogP contribution in [0.2, 0.25) is 0 Å². The molecule has 1 aliphatic rings. The summed E-state index contributed by atoms with van der Waals surface area (Å²) in [6.45, 7) is 6.80. The summed E-state index contributed by atoms with van der Waals surface area (Å²) in [7, 11) is 0. The van der Waals surface area contributed by atoms with Crippen LogP contribution in [0, 0.1) is 11.8 Å². The van der Waals surface area contributed by atoms with Crippen molar-refractivity contribution < 1.29 is 1.43 Å². The molecule has 0 aromatic carbocycles. The van der Waals surface area contributed by atoms with Crippen molar-refractivity contribution in [2.75, 3.05) is 13.1 Å². The van der Waals surface area contributed by atoms with Crippen LogP contribution in [0.15, 0.2) is 0 Å². The average molecular weight is 116 g/mol. The maximum atomic E-state index is 3.10. The lowest BCUT2D eigenvalue weighted by Gasteiger charge is -2.09. The molecule has 2 nitrogen and oxygen atoms in total. The van der Waals surface area contributed by atoms with Gasteiger partial charge in [-0.1, -0.05) is 13.8 Å². The lowest BCUT2D eigenvalue weighted by molar-refractivity contribution is 0.437. The van der Waals surface area contributed by atoms with Gasteiger partial charge in [-0.3, -0.25) is 10.9 Å². The number of rotatable bonds is 1. The Kier molecular flexibility index (Phi) is 1.86. The molecule has 8 heavy (non-hydrogen) atoms. The second-order valence-corrected chi connectivity index (χ2v) is 2.77. The Morgan fingerprint density at radius 2 is 1.88 bits per heavy atom. The van der Waals surface area contributed by atoms with Crippen LogP contribution in [0.1, 0.15) is 15.3 Å². The van der Waals surface area contributed by atoms with Gasteiger partial charge in [0.25, 0.3) is 0 Å². The Labute approximate surface area is 52.1 Å². The maximum absolute atomic E-state index is 3.10. The summed E-state index contributed by atoms with van der Waals surface area (Å²) in [6.07, 6.45) is 0. The van der Waals surface area contributed by atoms with E-state index in [1.807, 2.05) is 0 Å². The minimum absolute atomic E-state index is 0. The fraction of sp³-hybridized carbons (Fsp3) is 1.00. The molecule has 50 valence electrons. The number of hydrazine groups is 1. The third kappa shape index (κ3) is 1.20. The second-order valence-electron chi connectivity index (χ2n) is 2.77. The fourth-order valence-corrected chi connectivity index (χ4v) is 0.950. The zero-order valence-electron chi connectivity index (χ0n) is 5.57. The second kappa shape index (κ2) is 2.46. The molecule has 0 aromatic rings. The summed E-state index contributed by atoms with van der Waals surface area (Å²) < 4.78 is 0. The molecule has 1 aliphatic heterocycles. The van der Waals surface area contributed by atoms with Crippen LogP contribution in [-0.4, -0.2) is 13.1 Å². The highest BCUT2D eigenvalue weighted by Crippen LogP contribution is 2.09. The zero-order valence-corrected chi connectivity index (χ0v) is 5.57. The van der Waals surface area contributed by atoms with E-state index in [0.717, 1.165) is 24.9 Å². The molecular formula is C6H16N2. The lowest BCUT2D eigenvalue weighted by atomic mass is 9.98. The molecule has 2 N–H and O–H groups in total. The third-order valence-electron chi connectivity index (χ3n) is 1.80. The van der Waals surface area contributed by atoms with Gasteiger partial charge < -0.3 is 0 Å². The highest BCUT2D eigenvalue weighted by atomic mass is 15.4. The van der Waals surface area contributed by atoms with Crippen LogP contribution in [0.4, 0.5) is 0 Å². The molecule has 0 atom stereocenters. The summed E-state index contributed by atoms with van der Waals surface area (Å²) in [4.78, 5) is 0. The van der Waals surface area contributed by atoms with Crippen molar-refractivity contribution in [1.29, 1.82) is 0 Å². The van der Waals surface area contributed by atoms with Crippen LogP contribution in [0.5, 0.6) is 0 Å². The first kappa shape index (κ1) is 6.05. The predicted octanol–water partition coefficient (Wildman–Crippen LogP) is 0.612. The fourth-order valence-electron chi connectivity index (χ4n) is 0.950. The van der Waals surface area contributed by atoms with Gasteiger partial charge >= 0.3 is 0 Å². The van der Waals surface area contributed by atoms with Crippen LogP contribution in [0.3, 0.4) is 0 Å². The van der Waals surface area contributed by atoms with Crippen molar-refractivity contribution in [3.63, 3.8) is 0 Å². The Bertz CT molecular complexity index is 69.5. The van der Waals surface area contributed by atoms with E-state index < -0.39 is 0 Å². The van der Waals surface area contributed by atoms with E-state index in [4.69, 9.17) is 0 Å². The van der Waals surface area contributed by atoms with E-state index in [0.29, 0.717) is 0 Å². The molecule has 0 aromatic heterocycles. The summed E-state index contributed by atoms with van der Waals surface area (Å²) in [5.74, 6) is 1.66. The smallest absolute Gasteiger partial charge is 0.0143 e. The molecule has 1 fully saturated rings. The normalized spacial score (nSPS) is 22.9. The minimum atomic E-state index is 0. The van der Waals surface area contributed by atoms with Gasteiger partial charge in [-0.2, -0.15) is 0 Å². The summed E-state index contributed by atoms with van der Waals surface area (Å²) in [5.41, 5.74) is 6.21. The maximum Gasteiger partial charge on any atom is 0.0143 e. The largest absolute Gasteiger partial charge is 0.258 e. The third-order valence-corrected chi connectivity index (χ3v) is 1.80. The molecule has 2 heteroatoms. The first-order valence-corrected chi connectivity index (χ1v) is 3.26. The van der Waals surface area contributed by atoms with Crippen LogP contribution < -0.4 is 10.9 Å². The van der Waals surface area contributed by atoms with Crippen molar-refractivity contribution in [2.45, 2.75) is 13.8 Å². The van der Waals surface area contributed by atoms with E-state index in [1.165, 1.54) is 0 Å². The van der Waals surface area contributed by atoms with Gasteiger partial charge in [-0.15, -0.1) is 0 Å². The van der Waals surface area contributed by atoms with Gasteiger partial charge in [0.15, 0.2) is 0 Å². The number of hydrogen-bond donors (Lipinski definition) is 2. The van der Waals surface area contributed by atoms with Crippen molar-refractivity contribution in [3.05, 3.63) is 0 Å². The molecule has 0 bridgehead atoms. The van der Waals surface area contributed by atoms with Crippen molar-refractivity contribution in [1.82, 2.24) is 10.9 Å². The van der Waals surface area contributed by atoms with E-state index in [9.17, 15) is 0 Å². The Hall–Kier alpha value is -0.0800. The van der Waals surface area contributed by atoms with Crippen molar-refractivity contribution in [2.24, 2.45) is 11.8 Å². The number of nitrogens with one attached hydrogen (secondary N) is 2. The van der Waals surface area contributed by atoms with Crippen molar-refractivity contribution >= 4 is 0 Å². The quantitative estimate of drug-likeness (QED) is 0.524. The van der Waals surface area contributed by atoms with Crippen LogP contribution in [0.25, 0.3) is 0 Å². The van der Waals surface area contributed by atoms with E-state index >= 15 is 0 Å². The van der Waals surface area contributed by atoms with Gasteiger partial charge in [-0.25, -0.2) is 0 Å². The minimum Gasteiger partial charge on any atom is -0.258 e. The Morgan fingerprint density at radius 1 is 1.38 bits per heavy atom. The lowest BCUT2D eigenvalue weighted by Crippen LogP contribution is -2.21. The van der Waals surface area contributed by atoms with Gasteiger partial charge in [0.1, 0.15) is 0 Å². The van der Waals surface area contributed by atoms with E-state index in [1.54, 1.807) is 0 Å². The average Bonchev–Trinajstić information content (AvgIpc) is 2.12. The Balaban J connectivity index is 0.000000640. The van der Waals surface area contributed by atoms with Gasteiger partial charge in [0, 0.05) is 14.5 Å². The molecule has 0 aliphatic carbocycles. The number of hydrogen-bond acceptors (Lipinski definition) is 2. The molecule has 1 heterocycles. The SMILES string of the molecule is CC(C)C1CNNC1.[HH]. The van der Waals surface area contributed by atoms with Gasteiger partial charge in [-0.05, 0) is 11.8 Å². The van der Waals surface area contributed by atoms with Gasteiger partial charge in [0.2, 0.25) is 0 Å². The highest BCUT2D eigenvalue weighted by Gasteiger charge is 2.16. The summed E-state index contributed by atoms with van der Waals surface area (Å²) >= 11 is 0. The molecule has 1 rings (SSSR count). The zero-order chi connectivity index (χ0) is 5.98. The molecule has 1 saturated heterocycles. The molecule has 0 radical (unpaired) electrons. The topological polar surface area (TPSA) is 24.1 Å². The molecule has 0 saturated carbocycles. The predicted molar refractivity (Wildman–Crippen MR) is 36.4 cm³/mol. The van der Waals surface area contributed by atoms with E-state index in [-0.39, 0.29) is 1.43 Å². The first-order valence-electron chi connectivity index (χ1n) is 3.26. The van der Waals surface area contributed by atoms with E-state index in [2.05, 4.69) is 24.7 Å². The van der Waals surface area contributed by atoms with Crippen molar-refractivity contribution in [3.8, 4) is 0 Å². The molecule has 0 unspecified atom stereocenters. The molecule has 0 spiro atoms. The van der Waals surface area contributed by atoms with Crippen LogP contribution >= 0.6 is 0 Å². The monoisotopic (exact) mass is 116 g/mol. The first-order chi connectivity index (χ1) is 3.80. The summed E-state index contributed by atoms with van der Waals surface area (Å²) in [6, 6.07) is 0. The Morgan fingerprint density at radius 3 is 2.12 bits per heavy atom. The molecular weight excluding hydrogens is 100 g/mol. The van der Waals surface area contributed by atoms with Crippen LogP contribution in [-0.2, 0) is 0 Å². The highest BCUT2D eigenvalue weighted by molar-refractivity contribution is 4.71.